The van der Waals surface area contributed by atoms with Gasteiger partial charge in [0, 0.05) is 18.1 Å². The molecule has 0 aromatic heterocycles. The Labute approximate surface area is 122 Å². The van der Waals surface area contributed by atoms with Crippen LogP contribution in [-0.2, 0) is 4.74 Å². The molecule has 0 aliphatic rings. The van der Waals surface area contributed by atoms with E-state index in [4.69, 9.17) is 16.3 Å². The van der Waals surface area contributed by atoms with Crippen LogP contribution >= 0.6 is 43.5 Å². The van der Waals surface area contributed by atoms with Gasteiger partial charge < -0.3 is 10.1 Å². The molecule has 0 aliphatic carbocycles. The van der Waals surface area contributed by atoms with Gasteiger partial charge in [-0.15, -0.1) is 0 Å². The second-order valence-corrected chi connectivity index (χ2v) is 6.00. The number of nitrogens with one attached hydrogen (secondary N) is 1. The van der Waals surface area contributed by atoms with Crippen molar-refractivity contribution in [3.63, 3.8) is 0 Å². The highest BCUT2D eigenvalue weighted by Gasteiger charge is 2.12. The molecular formula is C11H12Br2ClNO2. The number of ether oxygens (including phenoxy) is 1. The van der Waals surface area contributed by atoms with Crippen molar-refractivity contribution in [3.05, 3.63) is 33.3 Å². The fourth-order valence-electron chi connectivity index (χ4n) is 1.21. The molecule has 6 heteroatoms. The summed E-state index contributed by atoms with van der Waals surface area (Å²) >= 11 is 12.7. The normalized spacial score (nSPS) is 12.2. The third-order valence-electron chi connectivity index (χ3n) is 2.01. The Balaban J connectivity index is 2.58. The molecule has 94 valence electrons. The number of alkyl halides is 1. The topological polar surface area (TPSA) is 38.3 Å². The lowest BCUT2D eigenvalue weighted by Crippen LogP contribution is -2.31. The lowest BCUT2D eigenvalue weighted by molar-refractivity contribution is 0.0950. The van der Waals surface area contributed by atoms with Gasteiger partial charge in [-0.05, 0) is 18.2 Å². The molecule has 0 radical (unpaired) electrons. The van der Waals surface area contributed by atoms with Gasteiger partial charge in [-0.25, -0.2) is 0 Å². The van der Waals surface area contributed by atoms with Crippen LogP contribution in [0.15, 0.2) is 22.7 Å². The molecule has 1 aromatic carbocycles. The molecule has 0 saturated carbocycles. The number of hydrogen-bond acceptors (Lipinski definition) is 2. The number of benzene rings is 1. The SMILES string of the molecule is COCC(Br)CNC(=O)c1ccc(Br)cc1Cl. The molecule has 0 saturated heterocycles. The maximum absolute atomic E-state index is 11.8. The zero-order chi connectivity index (χ0) is 12.8. The molecule has 0 bridgehead atoms. The van der Waals surface area contributed by atoms with Crippen LogP contribution in [0, 0.1) is 0 Å². The first-order valence-corrected chi connectivity index (χ1v) is 6.99. The van der Waals surface area contributed by atoms with E-state index in [1.165, 1.54) is 0 Å². The van der Waals surface area contributed by atoms with Crippen LogP contribution < -0.4 is 5.32 Å². The van der Waals surface area contributed by atoms with Crippen molar-refractivity contribution < 1.29 is 9.53 Å². The van der Waals surface area contributed by atoms with Gasteiger partial charge >= 0.3 is 0 Å². The molecule has 1 amide bonds. The van der Waals surface area contributed by atoms with E-state index in [0.29, 0.717) is 23.7 Å². The summed E-state index contributed by atoms with van der Waals surface area (Å²) in [6, 6.07) is 5.15. The fraction of sp³-hybridized carbons (Fsp3) is 0.364. The van der Waals surface area contributed by atoms with Crippen molar-refractivity contribution in [2.24, 2.45) is 0 Å². The molecule has 1 rings (SSSR count). The minimum absolute atomic E-state index is 0.0886. The van der Waals surface area contributed by atoms with Crippen molar-refractivity contribution in [2.45, 2.75) is 4.83 Å². The third kappa shape index (κ3) is 4.95. The Kier molecular flexibility index (Phi) is 6.48. The summed E-state index contributed by atoms with van der Waals surface area (Å²) < 4.78 is 5.79. The van der Waals surface area contributed by atoms with Gasteiger partial charge in [0.2, 0.25) is 0 Å². The zero-order valence-electron chi connectivity index (χ0n) is 9.17. The lowest BCUT2D eigenvalue weighted by Gasteiger charge is -2.11. The number of halogens is 3. The predicted molar refractivity (Wildman–Crippen MR) is 76.1 cm³/mol. The maximum atomic E-state index is 11.8. The van der Waals surface area contributed by atoms with Gasteiger partial charge in [0.05, 0.1) is 22.0 Å². The standard InChI is InChI=1S/C11H12Br2ClNO2/c1-17-6-8(13)5-15-11(16)9-3-2-7(12)4-10(9)14/h2-4,8H,5-6H2,1H3,(H,15,16). The van der Waals surface area contributed by atoms with E-state index in [1.807, 2.05) is 0 Å². The van der Waals surface area contributed by atoms with E-state index in [-0.39, 0.29) is 10.7 Å². The average molecular weight is 385 g/mol. The van der Waals surface area contributed by atoms with Crippen LogP contribution in [0.1, 0.15) is 10.4 Å². The second-order valence-electron chi connectivity index (χ2n) is 3.39. The molecule has 0 fully saturated rings. The van der Waals surface area contributed by atoms with Crippen LogP contribution in [-0.4, -0.2) is 31.0 Å². The molecule has 1 atom stereocenters. The van der Waals surface area contributed by atoms with Crippen LogP contribution in [0.25, 0.3) is 0 Å². The highest BCUT2D eigenvalue weighted by molar-refractivity contribution is 9.10. The van der Waals surface area contributed by atoms with E-state index in [2.05, 4.69) is 37.2 Å². The van der Waals surface area contributed by atoms with Gasteiger partial charge in [0.25, 0.3) is 5.91 Å². The van der Waals surface area contributed by atoms with E-state index < -0.39 is 0 Å². The van der Waals surface area contributed by atoms with Crippen LogP contribution in [0.3, 0.4) is 0 Å². The summed E-state index contributed by atoms with van der Waals surface area (Å²) in [5, 5.41) is 3.20. The Morgan fingerprint density at radius 3 is 2.88 bits per heavy atom. The Bertz CT molecular complexity index is 401. The fourth-order valence-corrected chi connectivity index (χ4v) is 2.40. The van der Waals surface area contributed by atoms with Crippen LogP contribution in [0.2, 0.25) is 5.02 Å². The second kappa shape index (κ2) is 7.36. The smallest absolute Gasteiger partial charge is 0.252 e. The number of hydrogen-bond donors (Lipinski definition) is 1. The largest absolute Gasteiger partial charge is 0.383 e. The molecule has 3 nitrogen and oxygen atoms in total. The van der Waals surface area contributed by atoms with Gasteiger partial charge in [-0.1, -0.05) is 43.5 Å². The maximum Gasteiger partial charge on any atom is 0.252 e. The summed E-state index contributed by atoms with van der Waals surface area (Å²) in [4.78, 5) is 11.9. The highest BCUT2D eigenvalue weighted by Crippen LogP contribution is 2.21. The van der Waals surface area contributed by atoms with Crippen LogP contribution in [0.4, 0.5) is 0 Å². The molecule has 1 aromatic rings. The van der Waals surface area contributed by atoms with Crippen molar-refractivity contribution in [1.29, 1.82) is 0 Å². The first kappa shape index (κ1) is 15.0. The molecular weight excluding hydrogens is 373 g/mol. The Morgan fingerprint density at radius 1 is 1.59 bits per heavy atom. The summed E-state index contributed by atoms with van der Waals surface area (Å²) in [6.45, 7) is 1.02. The van der Waals surface area contributed by atoms with Crippen molar-refractivity contribution in [1.82, 2.24) is 5.32 Å². The van der Waals surface area contributed by atoms with E-state index >= 15 is 0 Å². The van der Waals surface area contributed by atoms with Crippen LogP contribution in [0.5, 0.6) is 0 Å². The Hall–Kier alpha value is -0.100. The molecule has 17 heavy (non-hydrogen) atoms. The average Bonchev–Trinajstić information content (AvgIpc) is 2.26. The quantitative estimate of drug-likeness (QED) is 0.791. The van der Waals surface area contributed by atoms with Gasteiger partial charge in [-0.3, -0.25) is 4.79 Å². The highest BCUT2D eigenvalue weighted by atomic mass is 79.9. The first-order valence-electron chi connectivity index (χ1n) is 4.91. The van der Waals surface area contributed by atoms with E-state index in [0.717, 1.165) is 4.47 Å². The summed E-state index contributed by atoms with van der Waals surface area (Å²) in [5.41, 5.74) is 0.465. The van der Waals surface area contributed by atoms with E-state index in [1.54, 1.807) is 25.3 Å². The molecule has 0 aliphatic heterocycles. The molecule has 1 unspecified atom stereocenters. The number of carbonyl (C=O) groups is 1. The van der Waals surface area contributed by atoms with Crippen molar-refractivity contribution in [3.8, 4) is 0 Å². The number of amides is 1. The lowest BCUT2D eigenvalue weighted by atomic mass is 10.2. The Morgan fingerprint density at radius 2 is 2.29 bits per heavy atom. The monoisotopic (exact) mass is 383 g/mol. The molecule has 0 heterocycles. The van der Waals surface area contributed by atoms with E-state index in [9.17, 15) is 4.79 Å². The van der Waals surface area contributed by atoms with Gasteiger partial charge in [-0.2, -0.15) is 0 Å². The predicted octanol–water partition coefficient (Wildman–Crippen LogP) is 3.24. The number of rotatable bonds is 5. The van der Waals surface area contributed by atoms with Crippen molar-refractivity contribution in [2.75, 3.05) is 20.3 Å². The number of carbonyl (C=O) groups excluding carboxylic acids is 1. The summed E-state index contributed by atoms with van der Waals surface area (Å²) in [7, 11) is 1.61. The first-order chi connectivity index (χ1) is 8.04. The minimum Gasteiger partial charge on any atom is -0.383 e. The molecule has 0 spiro atoms. The third-order valence-corrected chi connectivity index (χ3v) is 3.40. The summed E-state index contributed by atoms with van der Waals surface area (Å²) in [5.74, 6) is -0.192. The zero-order valence-corrected chi connectivity index (χ0v) is 13.1. The number of methoxy groups -OCH3 is 1. The van der Waals surface area contributed by atoms with Crippen molar-refractivity contribution >= 4 is 49.4 Å². The van der Waals surface area contributed by atoms with Gasteiger partial charge in [0.1, 0.15) is 0 Å². The minimum atomic E-state index is -0.192. The van der Waals surface area contributed by atoms with Gasteiger partial charge in [0.15, 0.2) is 0 Å². The summed E-state index contributed by atoms with van der Waals surface area (Å²) in [6.07, 6.45) is 0. The molecule has 1 N–H and O–H groups in total.